The summed E-state index contributed by atoms with van der Waals surface area (Å²) in [7, 11) is 0. The molecule has 0 fully saturated rings. The van der Waals surface area contributed by atoms with Crippen LogP contribution in [0, 0.1) is 5.92 Å². The van der Waals surface area contributed by atoms with E-state index in [1.165, 1.54) is 0 Å². The Balaban J connectivity index is 4.56. The molecule has 1 unspecified atom stereocenters. The maximum absolute atomic E-state index is 12.6. The predicted octanol–water partition coefficient (Wildman–Crippen LogP) is 3.62. The summed E-state index contributed by atoms with van der Waals surface area (Å²) < 4.78 is 61.0. The minimum absolute atomic E-state index is 0.579. The third kappa shape index (κ3) is 2.60. The second-order valence-electron chi connectivity index (χ2n) is 2.62. The highest BCUT2D eigenvalue weighted by atomic mass is 19.4. The molecular weight excluding hydrogens is 179 g/mol. The van der Waals surface area contributed by atoms with Crippen LogP contribution in [0.2, 0.25) is 0 Å². The molecule has 0 saturated heterocycles. The molecule has 0 spiro atoms. The molecule has 0 radical (unpaired) electrons. The molecule has 12 heavy (non-hydrogen) atoms. The predicted molar refractivity (Wildman–Crippen MR) is 35.1 cm³/mol. The largest absolute Gasteiger partial charge is 0.397 e. The van der Waals surface area contributed by atoms with Gasteiger partial charge in [0.2, 0.25) is 0 Å². The van der Waals surface area contributed by atoms with Crippen molar-refractivity contribution in [2.24, 2.45) is 5.92 Å². The molecule has 0 nitrogen and oxygen atoms in total. The molecule has 0 N–H and O–H groups in total. The maximum Gasteiger partial charge on any atom is 0.397 e. The first-order valence-electron chi connectivity index (χ1n) is 3.70. The van der Waals surface area contributed by atoms with Crippen molar-refractivity contribution in [3.05, 3.63) is 0 Å². The van der Waals surface area contributed by atoms with Gasteiger partial charge in [0, 0.05) is 6.42 Å². The Bertz CT molecular complexity index is 137. The van der Waals surface area contributed by atoms with Crippen LogP contribution in [-0.4, -0.2) is 12.1 Å². The highest BCUT2D eigenvalue weighted by molar-refractivity contribution is 4.80. The lowest BCUT2D eigenvalue weighted by Crippen LogP contribution is -2.38. The number of alkyl halides is 5. The SMILES string of the molecule is CCC(C(F)(F)F)C(F)(F)CC. The van der Waals surface area contributed by atoms with Crippen LogP contribution < -0.4 is 0 Å². The summed E-state index contributed by atoms with van der Waals surface area (Å²) >= 11 is 0. The van der Waals surface area contributed by atoms with Gasteiger partial charge in [-0.3, -0.25) is 0 Å². The van der Waals surface area contributed by atoms with E-state index in [0.717, 1.165) is 13.8 Å². The van der Waals surface area contributed by atoms with Gasteiger partial charge in [-0.1, -0.05) is 13.8 Å². The molecule has 0 rings (SSSR count). The van der Waals surface area contributed by atoms with E-state index < -0.39 is 30.9 Å². The van der Waals surface area contributed by atoms with E-state index in [2.05, 4.69) is 0 Å². The van der Waals surface area contributed by atoms with Crippen LogP contribution in [0.1, 0.15) is 26.7 Å². The summed E-state index contributed by atoms with van der Waals surface area (Å²) in [6, 6.07) is 0. The van der Waals surface area contributed by atoms with E-state index in [1.54, 1.807) is 0 Å². The quantitative estimate of drug-likeness (QED) is 0.596. The molecule has 0 aliphatic carbocycles. The molecule has 1 atom stereocenters. The zero-order valence-corrected chi connectivity index (χ0v) is 6.88. The van der Waals surface area contributed by atoms with Crippen LogP contribution in [0.15, 0.2) is 0 Å². The Morgan fingerprint density at radius 1 is 1.00 bits per heavy atom. The van der Waals surface area contributed by atoms with Gasteiger partial charge in [-0.05, 0) is 6.42 Å². The monoisotopic (exact) mass is 190 g/mol. The zero-order valence-electron chi connectivity index (χ0n) is 6.88. The summed E-state index contributed by atoms with van der Waals surface area (Å²) in [5, 5.41) is 0. The molecule has 0 bridgehead atoms. The summed E-state index contributed by atoms with van der Waals surface area (Å²) in [6.45, 7) is 2.16. The molecule has 0 aliphatic rings. The highest BCUT2D eigenvalue weighted by Crippen LogP contribution is 2.41. The van der Waals surface area contributed by atoms with Gasteiger partial charge in [-0.15, -0.1) is 0 Å². The van der Waals surface area contributed by atoms with Crippen molar-refractivity contribution >= 4 is 0 Å². The average Bonchev–Trinajstić information content (AvgIpc) is 1.85. The van der Waals surface area contributed by atoms with Crippen molar-refractivity contribution in [1.29, 1.82) is 0 Å². The van der Waals surface area contributed by atoms with Gasteiger partial charge in [0.05, 0.1) is 0 Å². The summed E-state index contributed by atoms with van der Waals surface area (Å²) in [5.74, 6) is -6.14. The van der Waals surface area contributed by atoms with Crippen molar-refractivity contribution in [3.8, 4) is 0 Å². The van der Waals surface area contributed by atoms with E-state index in [0.29, 0.717) is 0 Å². The lowest BCUT2D eigenvalue weighted by Gasteiger charge is -2.26. The molecule has 5 heteroatoms. The molecule has 0 aromatic carbocycles. The fraction of sp³-hybridized carbons (Fsp3) is 1.00. The Hall–Kier alpha value is -0.350. The van der Waals surface area contributed by atoms with Crippen LogP contribution in [0.5, 0.6) is 0 Å². The van der Waals surface area contributed by atoms with Crippen LogP contribution in [0.4, 0.5) is 22.0 Å². The average molecular weight is 190 g/mol. The van der Waals surface area contributed by atoms with Crippen molar-refractivity contribution in [1.82, 2.24) is 0 Å². The van der Waals surface area contributed by atoms with E-state index in [9.17, 15) is 22.0 Å². The number of hydrogen-bond acceptors (Lipinski definition) is 0. The topological polar surface area (TPSA) is 0 Å². The van der Waals surface area contributed by atoms with Crippen LogP contribution in [0.25, 0.3) is 0 Å². The fourth-order valence-corrected chi connectivity index (χ4v) is 1.02. The van der Waals surface area contributed by atoms with Crippen LogP contribution in [0.3, 0.4) is 0 Å². The van der Waals surface area contributed by atoms with Gasteiger partial charge in [-0.2, -0.15) is 13.2 Å². The van der Waals surface area contributed by atoms with Crippen LogP contribution in [-0.2, 0) is 0 Å². The second-order valence-corrected chi connectivity index (χ2v) is 2.62. The first-order valence-corrected chi connectivity index (χ1v) is 3.70. The van der Waals surface area contributed by atoms with Gasteiger partial charge >= 0.3 is 6.18 Å². The standard InChI is InChI=1S/C7H11F5/c1-3-5(7(10,11)12)6(8,9)4-2/h5H,3-4H2,1-2H3. The normalized spacial score (nSPS) is 16.2. The molecule has 0 saturated carbocycles. The summed E-state index contributed by atoms with van der Waals surface area (Å²) in [6.07, 6.45) is -6.15. The molecule has 0 amide bonds. The molecule has 0 heterocycles. The molecule has 0 aliphatic heterocycles. The van der Waals surface area contributed by atoms with E-state index >= 15 is 0 Å². The third-order valence-corrected chi connectivity index (χ3v) is 1.78. The van der Waals surface area contributed by atoms with Crippen molar-refractivity contribution in [2.75, 3.05) is 0 Å². The van der Waals surface area contributed by atoms with Gasteiger partial charge in [0.1, 0.15) is 5.92 Å². The fourth-order valence-electron chi connectivity index (χ4n) is 1.02. The van der Waals surface area contributed by atoms with Crippen LogP contribution >= 0.6 is 0 Å². The lowest BCUT2D eigenvalue weighted by atomic mass is 9.96. The summed E-state index contributed by atoms with van der Waals surface area (Å²) in [4.78, 5) is 0. The zero-order chi connectivity index (χ0) is 9.99. The highest BCUT2D eigenvalue weighted by Gasteiger charge is 2.52. The second kappa shape index (κ2) is 3.58. The van der Waals surface area contributed by atoms with Gasteiger partial charge in [0.15, 0.2) is 0 Å². The number of hydrogen-bond donors (Lipinski definition) is 0. The van der Waals surface area contributed by atoms with Gasteiger partial charge < -0.3 is 0 Å². The number of rotatable bonds is 3. The first kappa shape index (κ1) is 11.6. The van der Waals surface area contributed by atoms with Crippen molar-refractivity contribution in [3.63, 3.8) is 0 Å². The maximum atomic E-state index is 12.6. The first-order chi connectivity index (χ1) is 5.25. The van der Waals surface area contributed by atoms with Crippen molar-refractivity contribution in [2.45, 2.75) is 38.8 Å². The third-order valence-electron chi connectivity index (χ3n) is 1.78. The lowest BCUT2D eigenvalue weighted by molar-refractivity contribution is -0.241. The Morgan fingerprint density at radius 2 is 1.42 bits per heavy atom. The van der Waals surface area contributed by atoms with E-state index in [-0.39, 0.29) is 0 Å². The van der Waals surface area contributed by atoms with Crippen molar-refractivity contribution < 1.29 is 22.0 Å². The Morgan fingerprint density at radius 3 is 1.50 bits per heavy atom. The van der Waals surface area contributed by atoms with E-state index in [1.807, 2.05) is 0 Å². The Labute approximate surface area is 67.8 Å². The minimum atomic E-state index is -4.80. The van der Waals surface area contributed by atoms with Gasteiger partial charge in [0.25, 0.3) is 5.92 Å². The van der Waals surface area contributed by atoms with Gasteiger partial charge in [-0.25, -0.2) is 8.78 Å². The number of halogens is 5. The molecule has 0 aromatic heterocycles. The molecule has 0 aromatic rings. The minimum Gasteiger partial charge on any atom is -0.206 e. The molecular formula is C7H11F5. The summed E-state index contributed by atoms with van der Waals surface area (Å²) in [5.41, 5.74) is 0. The Kier molecular flexibility index (Phi) is 3.47. The van der Waals surface area contributed by atoms with E-state index in [4.69, 9.17) is 0 Å². The molecule has 74 valence electrons. The smallest absolute Gasteiger partial charge is 0.206 e.